The van der Waals surface area contributed by atoms with Crippen molar-refractivity contribution >= 4 is 27.0 Å². The highest BCUT2D eigenvalue weighted by molar-refractivity contribution is 7.90. The minimum atomic E-state index is -3.92. The SMILES string of the molecule is Cc1ccc(S(=O)(=O)n2cc(-c3ccc(C(=O)N(C)C)cc3)c3cc(-c4ccc(C5CCCN(C)C5)c(C)c4)cnc32)cc1. The first-order valence-electron chi connectivity index (χ1n) is 15.0. The predicted octanol–water partition coefficient (Wildman–Crippen LogP) is 6.74. The van der Waals surface area contributed by atoms with Crippen molar-refractivity contribution in [2.75, 3.05) is 34.2 Å². The van der Waals surface area contributed by atoms with E-state index < -0.39 is 10.0 Å². The number of benzene rings is 3. The highest BCUT2D eigenvalue weighted by Gasteiger charge is 2.24. The third-order valence-corrected chi connectivity index (χ3v) is 10.4. The molecule has 2 aromatic heterocycles. The van der Waals surface area contributed by atoms with Crippen LogP contribution in [-0.4, -0.2) is 67.3 Å². The normalized spacial score (nSPS) is 15.9. The quantitative estimate of drug-likeness (QED) is 0.214. The molecule has 3 heterocycles. The lowest BCUT2D eigenvalue weighted by Crippen LogP contribution is -2.31. The Balaban J connectivity index is 1.47. The molecule has 226 valence electrons. The summed E-state index contributed by atoms with van der Waals surface area (Å²) in [5, 5.41) is 0.723. The Bertz CT molecular complexity index is 1960. The molecule has 8 heteroatoms. The van der Waals surface area contributed by atoms with Gasteiger partial charge in [0.25, 0.3) is 15.9 Å². The Kier molecular flexibility index (Phi) is 7.90. The van der Waals surface area contributed by atoms with Crippen LogP contribution in [0.4, 0.5) is 0 Å². The van der Waals surface area contributed by atoms with Gasteiger partial charge in [0.1, 0.15) is 0 Å². The number of aromatic nitrogens is 2. The van der Waals surface area contributed by atoms with Crippen molar-refractivity contribution in [2.24, 2.45) is 0 Å². The van der Waals surface area contributed by atoms with E-state index in [0.717, 1.165) is 46.3 Å². The van der Waals surface area contributed by atoms with Gasteiger partial charge in [-0.2, -0.15) is 0 Å². The monoisotopic (exact) mass is 606 g/mol. The average Bonchev–Trinajstić information content (AvgIpc) is 3.41. The lowest BCUT2D eigenvalue weighted by Gasteiger charge is -2.31. The Labute approximate surface area is 259 Å². The van der Waals surface area contributed by atoms with E-state index in [1.54, 1.807) is 62.9 Å². The lowest BCUT2D eigenvalue weighted by molar-refractivity contribution is 0.0827. The third kappa shape index (κ3) is 5.55. The number of carbonyl (C=O) groups is 1. The molecule has 0 saturated carbocycles. The largest absolute Gasteiger partial charge is 0.345 e. The van der Waals surface area contributed by atoms with Crippen molar-refractivity contribution in [1.29, 1.82) is 0 Å². The highest BCUT2D eigenvalue weighted by atomic mass is 32.2. The number of hydrogen-bond acceptors (Lipinski definition) is 5. The molecule has 1 aliphatic rings. The molecule has 0 aliphatic carbocycles. The second-order valence-electron chi connectivity index (χ2n) is 12.2. The van der Waals surface area contributed by atoms with E-state index in [9.17, 15) is 13.2 Å². The zero-order valence-corrected chi connectivity index (χ0v) is 26.7. The molecular formula is C36H38N4O3S. The summed E-state index contributed by atoms with van der Waals surface area (Å²) in [6.45, 7) is 6.32. The third-order valence-electron chi connectivity index (χ3n) is 8.71. The van der Waals surface area contributed by atoms with Crippen LogP contribution in [0.1, 0.15) is 45.8 Å². The molecule has 0 bridgehead atoms. The molecule has 44 heavy (non-hydrogen) atoms. The minimum absolute atomic E-state index is 0.0939. The van der Waals surface area contributed by atoms with Crippen molar-refractivity contribution in [1.82, 2.24) is 18.8 Å². The zero-order chi connectivity index (χ0) is 31.2. The second-order valence-corrected chi connectivity index (χ2v) is 14.0. The molecule has 0 radical (unpaired) electrons. The van der Waals surface area contributed by atoms with Gasteiger partial charge in [0, 0.05) is 55.1 Å². The summed E-state index contributed by atoms with van der Waals surface area (Å²) in [5.41, 5.74) is 8.03. The van der Waals surface area contributed by atoms with Crippen LogP contribution in [0.5, 0.6) is 0 Å². The number of amides is 1. The zero-order valence-electron chi connectivity index (χ0n) is 25.9. The van der Waals surface area contributed by atoms with Crippen LogP contribution in [0.3, 0.4) is 0 Å². The maximum absolute atomic E-state index is 13.9. The van der Waals surface area contributed by atoms with Crippen molar-refractivity contribution < 1.29 is 13.2 Å². The van der Waals surface area contributed by atoms with E-state index in [0.29, 0.717) is 17.1 Å². The maximum Gasteiger partial charge on any atom is 0.269 e. The standard InChI is InChI=1S/C36H38N4O3S/c1-24-8-15-31(16-9-24)44(42,43)40-23-34(26-10-12-27(13-11-26)36(41)38(3)4)33-20-30(21-37-35(33)40)28-14-17-32(25(2)19-28)29-7-6-18-39(5)22-29/h8-17,19-21,23,29H,6-7,18,22H2,1-5H3. The molecule has 3 aromatic carbocycles. The van der Waals surface area contributed by atoms with E-state index in [4.69, 9.17) is 4.98 Å². The van der Waals surface area contributed by atoms with Crippen LogP contribution in [-0.2, 0) is 10.0 Å². The first-order valence-corrected chi connectivity index (χ1v) is 16.4. The Morgan fingerprint density at radius 3 is 2.27 bits per heavy atom. The number of aryl methyl sites for hydroxylation is 2. The molecule has 1 saturated heterocycles. The van der Waals surface area contributed by atoms with Gasteiger partial charge in [-0.05, 0) is 98.8 Å². The molecule has 6 rings (SSSR count). The van der Waals surface area contributed by atoms with Gasteiger partial charge in [-0.3, -0.25) is 4.79 Å². The predicted molar refractivity (Wildman–Crippen MR) is 177 cm³/mol. The summed E-state index contributed by atoms with van der Waals surface area (Å²) in [6.07, 6.45) is 5.81. The van der Waals surface area contributed by atoms with Crippen molar-refractivity contribution in [3.63, 3.8) is 0 Å². The number of fused-ring (bicyclic) bond motifs is 1. The van der Waals surface area contributed by atoms with Gasteiger partial charge >= 0.3 is 0 Å². The van der Waals surface area contributed by atoms with Crippen LogP contribution in [0.2, 0.25) is 0 Å². The number of likely N-dealkylation sites (tertiary alicyclic amines) is 1. The fraction of sp³-hybridized carbons (Fsp3) is 0.278. The number of piperidine rings is 1. The van der Waals surface area contributed by atoms with E-state index >= 15 is 0 Å². The fourth-order valence-corrected chi connectivity index (χ4v) is 7.58. The van der Waals surface area contributed by atoms with Gasteiger partial charge in [0.05, 0.1) is 4.90 Å². The molecule has 1 unspecified atom stereocenters. The number of carbonyl (C=O) groups excluding carboxylic acids is 1. The molecule has 1 atom stereocenters. The minimum Gasteiger partial charge on any atom is -0.345 e. The van der Waals surface area contributed by atoms with Gasteiger partial charge in [-0.1, -0.05) is 48.0 Å². The summed E-state index contributed by atoms with van der Waals surface area (Å²) in [7, 11) is 1.70. The summed E-state index contributed by atoms with van der Waals surface area (Å²) < 4.78 is 29.1. The van der Waals surface area contributed by atoms with Gasteiger partial charge in [-0.25, -0.2) is 17.4 Å². The van der Waals surface area contributed by atoms with Crippen molar-refractivity contribution in [3.05, 3.63) is 107 Å². The number of pyridine rings is 1. The molecule has 5 aromatic rings. The van der Waals surface area contributed by atoms with Crippen molar-refractivity contribution in [3.8, 4) is 22.3 Å². The molecule has 1 fully saturated rings. The Morgan fingerprint density at radius 1 is 0.909 bits per heavy atom. The lowest BCUT2D eigenvalue weighted by atomic mass is 9.87. The molecule has 1 amide bonds. The summed E-state index contributed by atoms with van der Waals surface area (Å²) >= 11 is 0. The van der Waals surface area contributed by atoms with Gasteiger partial charge in [0.2, 0.25) is 0 Å². The summed E-state index contributed by atoms with van der Waals surface area (Å²) in [4.78, 5) is 21.4. The number of nitrogens with zero attached hydrogens (tertiary/aromatic N) is 4. The topological polar surface area (TPSA) is 75.5 Å². The van der Waals surface area contributed by atoms with Crippen LogP contribution in [0.15, 0.2) is 90.1 Å². The number of hydrogen-bond donors (Lipinski definition) is 0. The highest BCUT2D eigenvalue weighted by Crippen LogP contribution is 2.36. The number of likely N-dealkylation sites (N-methyl/N-ethyl adjacent to an activating group) is 1. The van der Waals surface area contributed by atoms with Crippen LogP contribution in [0.25, 0.3) is 33.3 Å². The Morgan fingerprint density at radius 2 is 1.61 bits per heavy atom. The van der Waals surface area contributed by atoms with Crippen molar-refractivity contribution in [2.45, 2.75) is 37.5 Å². The van der Waals surface area contributed by atoms with E-state index in [1.807, 2.05) is 25.1 Å². The van der Waals surface area contributed by atoms with Gasteiger partial charge in [-0.15, -0.1) is 0 Å². The van der Waals surface area contributed by atoms with E-state index in [2.05, 4.69) is 37.1 Å². The van der Waals surface area contributed by atoms with Gasteiger partial charge in [0.15, 0.2) is 5.65 Å². The molecule has 0 spiro atoms. The first-order chi connectivity index (χ1) is 21.0. The van der Waals surface area contributed by atoms with Crippen LogP contribution >= 0.6 is 0 Å². The number of rotatable bonds is 6. The van der Waals surface area contributed by atoms with Gasteiger partial charge < -0.3 is 9.80 Å². The molecular weight excluding hydrogens is 568 g/mol. The smallest absolute Gasteiger partial charge is 0.269 e. The Hall–Kier alpha value is -4.27. The fourth-order valence-electron chi connectivity index (χ4n) is 6.26. The van der Waals surface area contributed by atoms with Crippen LogP contribution in [0, 0.1) is 13.8 Å². The molecule has 7 nitrogen and oxygen atoms in total. The molecule has 0 N–H and O–H groups in total. The summed E-state index contributed by atoms with van der Waals surface area (Å²) in [6, 6.07) is 22.8. The van der Waals surface area contributed by atoms with Crippen LogP contribution < -0.4 is 0 Å². The first kappa shape index (κ1) is 29.8. The van der Waals surface area contributed by atoms with E-state index in [1.165, 1.54) is 32.8 Å². The summed E-state index contributed by atoms with van der Waals surface area (Å²) in [5.74, 6) is 0.432. The van der Waals surface area contributed by atoms with E-state index in [-0.39, 0.29) is 10.8 Å². The average molecular weight is 607 g/mol. The second kappa shape index (κ2) is 11.7. The molecule has 1 aliphatic heterocycles. The maximum atomic E-state index is 13.9.